The molecule has 0 amide bonds. The van der Waals surface area contributed by atoms with Gasteiger partial charge in [-0.25, -0.2) is 4.79 Å². The first-order valence-electron chi connectivity index (χ1n) is 14.5. The minimum Gasteiger partial charge on any atom is -0.462 e. The summed E-state index contributed by atoms with van der Waals surface area (Å²) in [6, 6.07) is 3.42. The fraction of sp³-hybridized carbons (Fsp3) is 0.806. The van der Waals surface area contributed by atoms with Gasteiger partial charge in [0.25, 0.3) is 0 Å². The van der Waals surface area contributed by atoms with Crippen molar-refractivity contribution in [3.63, 3.8) is 0 Å². The summed E-state index contributed by atoms with van der Waals surface area (Å²) < 4.78 is 11.3. The maximum absolute atomic E-state index is 12.7. The van der Waals surface area contributed by atoms with Gasteiger partial charge in [-0.05, 0) is 111 Å². The van der Waals surface area contributed by atoms with Crippen molar-refractivity contribution in [2.24, 2.45) is 40.4 Å². The highest BCUT2D eigenvalue weighted by molar-refractivity contribution is 5.72. The van der Waals surface area contributed by atoms with E-state index >= 15 is 0 Å². The number of hydrogen-bond donors (Lipinski definition) is 1. The van der Waals surface area contributed by atoms with Gasteiger partial charge < -0.3 is 14.3 Å². The Kier molecular flexibility index (Phi) is 6.71. The summed E-state index contributed by atoms with van der Waals surface area (Å²) >= 11 is 0. The number of carbonyl (C=O) groups excluding carboxylic acids is 1. The molecular weight excluding hydrogens is 452 g/mol. The van der Waals surface area contributed by atoms with Crippen LogP contribution in [0.25, 0.3) is 0 Å². The van der Waals surface area contributed by atoms with Gasteiger partial charge in [0.1, 0.15) is 6.10 Å². The Labute approximate surface area is 216 Å². The van der Waals surface area contributed by atoms with Crippen molar-refractivity contribution in [3.8, 4) is 0 Å². The van der Waals surface area contributed by atoms with Crippen molar-refractivity contribution in [2.45, 2.75) is 116 Å². The fourth-order valence-electron chi connectivity index (χ4n) is 9.48. The summed E-state index contributed by atoms with van der Waals surface area (Å²) in [6.45, 7) is 11.1. The summed E-state index contributed by atoms with van der Waals surface area (Å²) in [6.07, 6.45) is 11.6. The molecule has 200 valence electrons. The van der Waals surface area contributed by atoms with Crippen LogP contribution in [0.1, 0.15) is 110 Å². The molecule has 4 saturated carbocycles. The molecule has 1 N–H and O–H groups in total. The molecule has 0 saturated heterocycles. The predicted octanol–water partition coefficient (Wildman–Crippen LogP) is 6.48. The molecule has 5 rings (SSSR count). The Morgan fingerprint density at radius 2 is 1.83 bits per heavy atom. The van der Waals surface area contributed by atoms with Crippen molar-refractivity contribution in [1.29, 1.82) is 0 Å². The number of carbonyl (C=O) groups is 1. The molecule has 1 heterocycles. The van der Waals surface area contributed by atoms with Crippen LogP contribution >= 0.6 is 0 Å². The monoisotopic (exact) mass is 498 g/mol. The van der Waals surface area contributed by atoms with Gasteiger partial charge in [0.2, 0.25) is 0 Å². The van der Waals surface area contributed by atoms with E-state index in [2.05, 4.69) is 27.7 Å². The SMILES string of the molecule is CC(C)C[C@@H](C)C(=O)O[C@H]1CC[C@@]2(C)[C@H](CC[C@@H]3[C@@H]2CC[C@]2(C)[C@@H](c4ccc(=O)oc4)CC[C@]32O)C1. The molecule has 0 spiro atoms. The summed E-state index contributed by atoms with van der Waals surface area (Å²) in [4.78, 5) is 24.2. The van der Waals surface area contributed by atoms with Gasteiger partial charge in [0.15, 0.2) is 0 Å². The van der Waals surface area contributed by atoms with Crippen LogP contribution in [0, 0.1) is 40.4 Å². The maximum Gasteiger partial charge on any atom is 0.335 e. The van der Waals surface area contributed by atoms with Crippen LogP contribution < -0.4 is 5.63 Å². The molecule has 0 radical (unpaired) electrons. The summed E-state index contributed by atoms with van der Waals surface area (Å²) in [5.41, 5.74) is 0.0594. The first-order chi connectivity index (χ1) is 17.0. The molecule has 36 heavy (non-hydrogen) atoms. The van der Waals surface area contributed by atoms with E-state index in [1.54, 1.807) is 6.26 Å². The lowest BCUT2D eigenvalue weighted by Gasteiger charge is -2.63. The zero-order valence-corrected chi connectivity index (χ0v) is 22.9. The van der Waals surface area contributed by atoms with E-state index < -0.39 is 5.60 Å². The van der Waals surface area contributed by atoms with Crippen molar-refractivity contribution in [2.75, 3.05) is 0 Å². The van der Waals surface area contributed by atoms with E-state index in [0.717, 1.165) is 69.8 Å². The second-order valence-corrected chi connectivity index (χ2v) is 13.7. The van der Waals surface area contributed by atoms with Crippen LogP contribution in [0.15, 0.2) is 27.6 Å². The van der Waals surface area contributed by atoms with Gasteiger partial charge >= 0.3 is 11.6 Å². The highest BCUT2D eigenvalue weighted by Gasteiger charge is 2.67. The van der Waals surface area contributed by atoms with Gasteiger partial charge in [-0.1, -0.05) is 34.6 Å². The van der Waals surface area contributed by atoms with Gasteiger partial charge in [-0.15, -0.1) is 0 Å². The van der Waals surface area contributed by atoms with E-state index in [-0.39, 0.29) is 40.4 Å². The van der Waals surface area contributed by atoms with Gasteiger partial charge in [0.05, 0.1) is 17.8 Å². The predicted molar refractivity (Wildman–Crippen MR) is 139 cm³/mol. The molecule has 4 fully saturated rings. The van der Waals surface area contributed by atoms with Crippen molar-refractivity contribution in [1.82, 2.24) is 0 Å². The number of aliphatic hydroxyl groups is 1. The van der Waals surface area contributed by atoms with Crippen LogP contribution in [0.3, 0.4) is 0 Å². The minimum atomic E-state index is -0.680. The number of ether oxygens (including phenoxy) is 1. The number of esters is 1. The van der Waals surface area contributed by atoms with Crippen LogP contribution in [-0.2, 0) is 9.53 Å². The Morgan fingerprint density at radius 3 is 2.53 bits per heavy atom. The number of rotatable bonds is 5. The second-order valence-electron chi connectivity index (χ2n) is 13.7. The number of hydrogen-bond acceptors (Lipinski definition) is 5. The summed E-state index contributed by atoms with van der Waals surface area (Å²) in [5.74, 6) is 2.04. The number of fused-ring (bicyclic) bond motifs is 5. The zero-order chi connectivity index (χ0) is 25.9. The molecule has 4 aliphatic carbocycles. The van der Waals surface area contributed by atoms with Crippen LogP contribution in [0.4, 0.5) is 0 Å². The van der Waals surface area contributed by atoms with E-state index in [4.69, 9.17) is 9.15 Å². The summed E-state index contributed by atoms with van der Waals surface area (Å²) in [7, 11) is 0. The minimum absolute atomic E-state index is 0.0255. The molecule has 4 aliphatic rings. The quantitative estimate of drug-likeness (QED) is 0.471. The topological polar surface area (TPSA) is 76.7 Å². The Hall–Kier alpha value is -1.62. The summed E-state index contributed by atoms with van der Waals surface area (Å²) in [5, 5.41) is 12.4. The van der Waals surface area contributed by atoms with E-state index in [0.29, 0.717) is 23.7 Å². The smallest absolute Gasteiger partial charge is 0.335 e. The lowest BCUT2D eigenvalue weighted by atomic mass is 9.43. The lowest BCUT2D eigenvalue weighted by molar-refractivity contribution is -0.208. The molecule has 0 unspecified atom stereocenters. The highest BCUT2D eigenvalue weighted by atomic mass is 16.5. The van der Waals surface area contributed by atoms with E-state index in [1.165, 1.54) is 6.07 Å². The van der Waals surface area contributed by atoms with Crippen LogP contribution in [0.2, 0.25) is 0 Å². The molecule has 9 atom stereocenters. The van der Waals surface area contributed by atoms with Crippen LogP contribution in [0.5, 0.6) is 0 Å². The molecule has 1 aromatic rings. The van der Waals surface area contributed by atoms with Gasteiger partial charge in [0, 0.05) is 11.5 Å². The standard InChI is InChI=1S/C31H46O5/c1-19(2)16-20(3)28(33)36-23-10-13-29(4)22(17-23)7-8-26-25(29)11-14-30(5)24(12-15-31(26,30)34)21-6-9-27(32)35-18-21/h6,9,18-20,22-26,34H,7-8,10-17H2,1-5H3/t20-,22-,23+,24-,25+,26-,29+,30-,31+/m1/s1. The lowest BCUT2D eigenvalue weighted by Crippen LogP contribution is -2.62. The third-order valence-electron chi connectivity index (χ3n) is 11.4. The van der Waals surface area contributed by atoms with Gasteiger partial charge in [-0.2, -0.15) is 0 Å². The second kappa shape index (κ2) is 9.29. The zero-order valence-electron chi connectivity index (χ0n) is 22.9. The Morgan fingerprint density at radius 1 is 1.06 bits per heavy atom. The largest absolute Gasteiger partial charge is 0.462 e. The first kappa shape index (κ1) is 26.0. The molecule has 0 aromatic carbocycles. The average molecular weight is 499 g/mol. The average Bonchev–Trinajstić information content (AvgIpc) is 3.10. The highest BCUT2D eigenvalue weighted by Crippen LogP contribution is 2.70. The molecule has 0 aliphatic heterocycles. The third kappa shape index (κ3) is 4.08. The Balaban J connectivity index is 1.30. The van der Waals surface area contributed by atoms with Gasteiger partial charge in [-0.3, -0.25) is 4.79 Å². The van der Waals surface area contributed by atoms with E-state index in [9.17, 15) is 14.7 Å². The maximum atomic E-state index is 12.7. The molecule has 5 heteroatoms. The molecule has 5 nitrogen and oxygen atoms in total. The van der Waals surface area contributed by atoms with Crippen LogP contribution in [-0.4, -0.2) is 22.8 Å². The fourth-order valence-corrected chi connectivity index (χ4v) is 9.48. The van der Waals surface area contributed by atoms with Crippen molar-refractivity contribution >= 4 is 5.97 Å². The Bertz CT molecular complexity index is 1010. The third-order valence-corrected chi connectivity index (χ3v) is 11.4. The normalized spacial score (nSPS) is 42.8. The first-order valence-corrected chi connectivity index (χ1v) is 14.5. The molecular formula is C31H46O5. The van der Waals surface area contributed by atoms with Crippen molar-refractivity contribution in [3.05, 3.63) is 34.4 Å². The van der Waals surface area contributed by atoms with E-state index in [1.807, 2.05) is 13.0 Å². The molecule has 0 bridgehead atoms. The molecule has 1 aromatic heterocycles. The van der Waals surface area contributed by atoms with Crippen molar-refractivity contribution < 1.29 is 19.1 Å².